The molecule has 0 saturated heterocycles. The van der Waals surface area contributed by atoms with Crippen LogP contribution >= 0.6 is 11.6 Å². The molecule has 0 aliphatic rings. The minimum Gasteiger partial charge on any atom is -0.344 e. The van der Waals surface area contributed by atoms with Gasteiger partial charge in [-0.1, -0.05) is 13.3 Å². The second kappa shape index (κ2) is 4.31. The third kappa shape index (κ3) is 2.11. The first-order valence-electron chi connectivity index (χ1n) is 4.10. The molecule has 0 amide bonds. The molecule has 0 aliphatic heterocycles. The second-order valence-corrected chi connectivity index (χ2v) is 3.06. The molecule has 12 heavy (non-hydrogen) atoms. The Morgan fingerprint density at radius 1 is 1.67 bits per heavy atom. The summed E-state index contributed by atoms with van der Waals surface area (Å²) >= 11 is 5.37. The monoisotopic (exact) mass is 185 g/mol. The van der Waals surface area contributed by atoms with Crippen LogP contribution in [0.1, 0.15) is 30.3 Å². The number of nitrogens with zero attached hydrogens (tertiary/aromatic N) is 1. The number of aryl methyl sites for hydroxylation is 1. The van der Waals surface area contributed by atoms with Crippen LogP contribution in [-0.4, -0.2) is 9.81 Å². The molecule has 0 atom stereocenters. The molecule has 1 aromatic rings. The van der Waals surface area contributed by atoms with Gasteiger partial charge < -0.3 is 4.57 Å². The zero-order valence-corrected chi connectivity index (χ0v) is 7.84. The topological polar surface area (TPSA) is 22.0 Å². The lowest BCUT2D eigenvalue weighted by Gasteiger charge is -2.03. The maximum atomic E-state index is 10.8. The standard InChI is InChI=1S/C9H12ClNO/c1-2-3-6-11-7-4-5-8(11)9(10)12/h4-5,7H,2-3,6H2,1H3. The van der Waals surface area contributed by atoms with Gasteiger partial charge in [0, 0.05) is 12.7 Å². The number of carbonyl (C=O) groups excluding carboxylic acids is 1. The lowest BCUT2D eigenvalue weighted by atomic mass is 10.3. The number of halogens is 1. The van der Waals surface area contributed by atoms with E-state index in [1.165, 1.54) is 0 Å². The minimum absolute atomic E-state index is 0.379. The van der Waals surface area contributed by atoms with E-state index < -0.39 is 0 Å². The summed E-state index contributed by atoms with van der Waals surface area (Å²) < 4.78 is 1.89. The summed E-state index contributed by atoms with van der Waals surface area (Å²) in [5.41, 5.74) is 0.588. The Balaban J connectivity index is 2.70. The van der Waals surface area contributed by atoms with Crippen LogP contribution in [0.4, 0.5) is 0 Å². The Bertz CT molecular complexity index is 267. The van der Waals surface area contributed by atoms with Crippen LogP contribution in [0.5, 0.6) is 0 Å². The molecule has 1 aromatic heterocycles. The van der Waals surface area contributed by atoms with Crippen molar-refractivity contribution < 1.29 is 4.79 Å². The zero-order chi connectivity index (χ0) is 8.97. The van der Waals surface area contributed by atoms with Crippen LogP contribution in [0.2, 0.25) is 0 Å². The third-order valence-corrected chi connectivity index (χ3v) is 1.98. The summed E-state index contributed by atoms with van der Waals surface area (Å²) in [6.45, 7) is 2.99. The fourth-order valence-electron chi connectivity index (χ4n) is 1.12. The molecular weight excluding hydrogens is 174 g/mol. The highest BCUT2D eigenvalue weighted by molar-refractivity contribution is 6.67. The van der Waals surface area contributed by atoms with Crippen molar-refractivity contribution >= 4 is 16.8 Å². The summed E-state index contributed by atoms with van der Waals surface area (Å²) in [4.78, 5) is 10.8. The van der Waals surface area contributed by atoms with Crippen molar-refractivity contribution in [2.45, 2.75) is 26.3 Å². The molecule has 0 N–H and O–H groups in total. The van der Waals surface area contributed by atoms with E-state index in [1.807, 2.05) is 16.8 Å². The largest absolute Gasteiger partial charge is 0.344 e. The fourth-order valence-corrected chi connectivity index (χ4v) is 1.29. The van der Waals surface area contributed by atoms with E-state index in [1.54, 1.807) is 6.07 Å². The molecule has 2 nitrogen and oxygen atoms in total. The van der Waals surface area contributed by atoms with Gasteiger partial charge in [-0.2, -0.15) is 0 Å². The van der Waals surface area contributed by atoms with Gasteiger partial charge in [0.15, 0.2) is 0 Å². The van der Waals surface area contributed by atoms with Gasteiger partial charge in [0.1, 0.15) is 5.69 Å². The van der Waals surface area contributed by atoms with E-state index in [0.717, 1.165) is 19.4 Å². The summed E-state index contributed by atoms with van der Waals surface area (Å²) in [7, 11) is 0. The molecule has 0 bridgehead atoms. The van der Waals surface area contributed by atoms with Crippen LogP contribution < -0.4 is 0 Å². The van der Waals surface area contributed by atoms with Crippen molar-refractivity contribution in [1.82, 2.24) is 4.57 Å². The number of rotatable bonds is 4. The molecule has 0 radical (unpaired) electrons. The van der Waals surface area contributed by atoms with Crippen molar-refractivity contribution in [3.63, 3.8) is 0 Å². The first-order valence-corrected chi connectivity index (χ1v) is 4.48. The number of aromatic nitrogens is 1. The molecule has 0 fully saturated rings. The van der Waals surface area contributed by atoms with Crippen LogP contribution in [0.25, 0.3) is 0 Å². The molecule has 0 aliphatic carbocycles. The molecule has 0 saturated carbocycles. The zero-order valence-electron chi connectivity index (χ0n) is 7.09. The lowest BCUT2D eigenvalue weighted by molar-refractivity contribution is 0.107. The Morgan fingerprint density at radius 2 is 2.42 bits per heavy atom. The molecule has 0 spiro atoms. The Morgan fingerprint density at radius 3 is 3.00 bits per heavy atom. The van der Waals surface area contributed by atoms with Gasteiger partial charge in [-0.3, -0.25) is 4.79 Å². The predicted octanol–water partition coefficient (Wildman–Crippen LogP) is 2.67. The third-order valence-electron chi connectivity index (χ3n) is 1.78. The highest BCUT2D eigenvalue weighted by Crippen LogP contribution is 2.07. The number of hydrogen-bond donors (Lipinski definition) is 0. The van der Waals surface area contributed by atoms with Gasteiger partial charge in [-0.05, 0) is 30.2 Å². The first kappa shape index (κ1) is 9.33. The van der Waals surface area contributed by atoms with Gasteiger partial charge in [-0.15, -0.1) is 0 Å². The van der Waals surface area contributed by atoms with E-state index >= 15 is 0 Å². The molecular formula is C9H12ClNO. The van der Waals surface area contributed by atoms with Gasteiger partial charge in [-0.25, -0.2) is 0 Å². The number of hydrogen-bond acceptors (Lipinski definition) is 1. The van der Waals surface area contributed by atoms with E-state index in [0.29, 0.717) is 5.69 Å². The highest BCUT2D eigenvalue weighted by Gasteiger charge is 2.05. The highest BCUT2D eigenvalue weighted by atomic mass is 35.5. The SMILES string of the molecule is CCCCn1cccc1C(=O)Cl. The van der Waals surface area contributed by atoms with Gasteiger partial charge in [0.05, 0.1) is 0 Å². The van der Waals surface area contributed by atoms with E-state index in [9.17, 15) is 4.79 Å². The van der Waals surface area contributed by atoms with Crippen LogP contribution in [0.3, 0.4) is 0 Å². The van der Waals surface area contributed by atoms with Crippen LogP contribution in [0.15, 0.2) is 18.3 Å². The predicted molar refractivity (Wildman–Crippen MR) is 49.5 cm³/mol. The second-order valence-electron chi connectivity index (χ2n) is 2.71. The van der Waals surface area contributed by atoms with Crippen LogP contribution in [-0.2, 0) is 6.54 Å². The molecule has 3 heteroatoms. The maximum Gasteiger partial charge on any atom is 0.268 e. The number of unbranched alkanes of at least 4 members (excludes halogenated alkanes) is 1. The summed E-state index contributed by atoms with van der Waals surface area (Å²) in [5, 5.41) is -0.379. The average molecular weight is 186 g/mol. The smallest absolute Gasteiger partial charge is 0.268 e. The normalized spacial score (nSPS) is 10.2. The lowest BCUT2D eigenvalue weighted by Crippen LogP contribution is -2.03. The quantitative estimate of drug-likeness (QED) is 0.662. The van der Waals surface area contributed by atoms with Gasteiger partial charge in [0.2, 0.25) is 0 Å². The Labute approximate surface area is 77.1 Å². The summed E-state index contributed by atoms with van der Waals surface area (Å²) in [6, 6.07) is 3.58. The van der Waals surface area contributed by atoms with Crippen LogP contribution in [0, 0.1) is 0 Å². The van der Waals surface area contributed by atoms with Crippen molar-refractivity contribution in [2.75, 3.05) is 0 Å². The van der Waals surface area contributed by atoms with E-state index in [-0.39, 0.29) is 5.24 Å². The Hall–Kier alpha value is -0.760. The molecule has 0 unspecified atom stereocenters. The number of carbonyl (C=O) groups is 1. The van der Waals surface area contributed by atoms with Crippen molar-refractivity contribution in [2.24, 2.45) is 0 Å². The minimum atomic E-state index is -0.379. The van der Waals surface area contributed by atoms with Gasteiger partial charge >= 0.3 is 0 Å². The molecule has 0 aromatic carbocycles. The summed E-state index contributed by atoms with van der Waals surface area (Å²) in [6.07, 6.45) is 4.07. The molecule has 1 heterocycles. The fraction of sp³-hybridized carbons (Fsp3) is 0.444. The van der Waals surface area contributed by atoms with Crippen molar-refractivity contribution in [3.8, 4) is 0 Å². The van der Waals surface area contributed by atoms with Gasteiger partial charge in [0.25, 0.3) is 5.24 Å². The van der Waals surface area contributed by atoms with Crippen molar-refractivity contribution in [1.29, 1.82) is 0 Å². The maximum absolute atomic E-state index is 10.8. The average Bonchev–Trinajstić information content (AvgIpc) is 2.48. The summed E-state index contributed by atoms with van der Waals surface area (Å²) in [5.74, 6) is 0. The Kier molecular flexibility index (Phi) is 3.35. The molecule has 66 valence electrons. The first-order chi connectivity index (χ1) is 5.75. The van der Waals surface area contributed by atoms with E-state index in [4.69, 9.17) is 11.6 Å². The van der Waals surface area contributed by atoms with Crippen molar-refractivity contribution in [3.05, 3.63) is 24.0 Å². The van der Waals surface area contributed by atoms with E-state index in [2.05, 4.69) is 6.92 Å². The molecule has 1 rings (SSSR count).